The van der Waals surface area contributed by atoms with E-state index in [-0.39, 0.29) is 24.1 Å². The van der Waals surface area contributed by atoms with Crippen LogP contribution in [0, 0.1) is 0 Å². The zero-order valence-electron chi connectivity index (χ0n) is 14.2. The summed E-state index contributed by atoms with van der Waals surface area (Å²) in [5, 5.41) is 0.604. The summed E-state index contributed by atoms with van der Waals surface area (Å²) in [6.45, 7) is 4.10. The van der Waals surface area contributed by atoms with Gasteiger partial charge in [0.15, 0.2) is 0 Å². The molecule has 3 aromatic rings. The fourth-order valence-corrected chi connectivity index (χ4v) is 4.39. The van der Waals surface area contributed by atoms with Crippen LogP contribution in [-0.4, -0.2) is 21.5 Å². The molecule has 0 fully saturated rings. The lowest BCUT2D eigenvalue weighted by molar-refractivity contribution is -0.119. The molecule has 3 heterocycles. The molecule has 0 saturated carbocycles. The number of rotatable bonds is 3. The molecule has 0 N–H and O–H groups in total. The van der Waals surface area contributed by atoms with Gasteiger partial charge in [-0.15, -0.1) is 11.3 Å². The van der Waals surface area contributed by atoms with Gasteiger partial charge in [-0.1, -0.05) is 25.1 Å². The molecule has 0 radical (unpaired) electrons. The molecule has 2 aromatic heterocycles. The smallest absolute Gasteiger partial charge is 0.262 e. The minimum absolute atomic E-state index is 0.0117. The van der Waals surface area contributed by atoms with Crippen molar-refractivity contribution >= 4 is 33.1 Å². The zero-order chi connectivity index (χ0) is 17.6. The number of fused-ring (bicyclic) bond motifs is 2. The Bertz CT molecular complexity index is 1020. The van der Waals surface area contributed by atoms with E-state index in [1.54, 1.807) is 4.90 Å². The number of aryl methyl sites for hydroxylation is 1. The Morgan fingerprint density at radius 3 is 2.96 bits per heavy atom. The van der Waals surface area contributed by atoms with Crippen LogP contribution in [0.3, 0.4) is 0 Å². The Hall–Kier alpha value is -2.47. The summed E-state index contributed by atoms with van der Waals surface area (Å²) in [6, 6.07) is 9.94. The van der Waals surface area contributed by atoms with Crippen LogP contribution in [0.5, 0.6) is 0 Å². The molecule has 1 aliphatic rings. The van der Waals surface area contributed by atoms with Gasteiger partial charge in [-0.3, -0.25) is 14.2 Å². The number of carbonyl (C=O) groups excluding carboxylic acids is 1. The number of benzene rings is 1. The van der Waals surface area contributed by atoms with Crippen LogP contribution in [0.25, 0.3) is 10.2 Å². The Morgan fingerprint density at radius 1 is 1.36 bits per heavy atom. The molecule has 128 valence electrons. The van der Waals surface area contributed by atoms with Crippen molar-refractivity contribution in [1.82, 2.24) is 9.55 Å². The van der Waals surface area contributed by atoms with Gasteiger partial charge in [0.1, 0.15) is 11.4 Å². The van der Waals surface area contributed by atoms with Crippen LogP contribution in [0.15, 0.2) is 41.5 Å². The summed E-state index contributed by atoms with van der Waals surface area (Å²) < 4.78 is 1.42. The third kappa shape index (κ3) is 2.66. The molecule has 5 nitrogen and oxygen atoms in total. The van der Waals surface area contributed by atoms with E-state index in [9.17, 15) is 9.59 Å². The predicted molar refractivity (Wildman–Crippen MR) is 100 cm³/mol. The van der Waals surface area contributed by atoms with Gasteiger partial charge in [-0.2, -0.15) is 0 Å². The molecule has 0 unspecified atom stereocenters. The summed E-state index contributed by atoms with van der Waals surface area (Å²) >= 11 is 1.54. The lowest BCUT2D eigenvalue weighted by atomic mass is 10.1. The highest BCUT2D eigenvalue weighted by molar-refractivity contribution is 7.18. The molecule has 1 aromatic carbocycles. The SMILES string of the molecule is CCc1cc2c(=O)n(CC(=O)N3c4ccccc4C[C@@H]3C)cnc2s1. The van der Waals surface area contributed by atoms with E-state index in [2.05, 4.69) is 18.0 Å². The van der Waals surface area contributed by atoms with Crippen molar-refractivity contribution in [3.63, 3.8) is 0 Å². The van der Waals surface area contributed by atoms with E-state index in [1.165, 1.54) is 27.8 Å². The molecule has 0 aliphatic carbocycles. The molecule has 0 spiro atoms. The van der Waals surface area contributed by atoms with Gasteiger partial charge in [0.25, 0.3) is 5.56 Å². The number of amides is 1. The summed E-state index contributed by atoms with van der Waals surface area (Å²) in [4.78, 5) is 33.6. The maximum absolute atomic E-state index is 12.9. The highest BCUT2D eigenvalue weighted by atomic mass is 32.1. The summed E-state index contributed by atoms with van der Waals surface area (Å²) in [5.41, 5.74) is 1.98. The number of carbonyl (C=O) groups is 1. The van der Waals surface area contributed by atoms with E-state index in [4.69, 9.17) is 0 Å². The number of anilines is 1. The average Bonchev–Trinajstić information content (AvgIpc) is 3.17. The third-order valence-corrected chi connectivity index (χ3v) is 5.89. The van der Waals surface area contributed by atoms with Gasteiger partial charge >= 0.3 is 0 Å². The lowest BCUT2D eigenvalue weighted by Crippen LogP contribution is -2.39. The monoisotopic (exact) mass is 353 g/mol. The molecule has 4 rings (SSSR count). The van der Waals surface area contributed by atoms with Crippen LogP contribution in [0.4, 0.5) is 5.69 Å². The van der Waals surface area contributed by atoms with Crippen LogP contribution < -0.4 is 10.5 Å². The number of hydrogen-bond acceptors (Lipinski definition) is 4. The molecule has 0 saturated heterocycles. The topological polar surface area (TPSA) is 55.2 Å². The van der Waals surface area contributed by atoms with E-state index in [1.807, 2.05) is 31.2 Å². The van der Waals surface area contributed by atoms with Gasteiger partial charge < -0.3 is 4.90 Å². The predicted octanol–water partition coefficient (Wildman–Crippen LogP) is 3.00. The number of aromatic nitrogens is 2. The molecular formula is C19H19N3O2S. The fraction of sp³-hybridized carbons (Fsp3) is 0.316. The Labute approximate surface area is 149 Å². The average molecular weight is 353 g/mol. The van der Waals surface area contributed by atoms with Gasteiger partial charge in [0.05, 0.1) is 11.7 Å². The van der Waals surface area contributed by atoms with E-state index < -0.39 is 0 Å². The van der Waals surface area contributed by atoms with Gasteiger partial charge in [0, 0.05) is 16.6 Å². The van der Waals surface area contributed by atoms with Gasteiger partial charge in [-0.05, 0) is 37.5 Å². The maximum atomic E-state index is 12.9. The summed E-state index contributed by atoms with van der Waals surface area (Å²) in [7, 11) is 0. The Balaban J connectivity index is 1.66. The van der Waals surface area contributed by atoms with E-state index in [0.29, 0.717) is 5.39 Å². The Kier molecular flexibility index (Phi) is 3.92. The third-order valence-electron chi connectivity index (χ3n) is 4.70. The van der Waals surface area contributed by atoms with Crippen molar-refractivity contribution in [1.29, 1.82) is 0 Å². The van der Waals surface area contributed by atoms with Crippen molar-refractivity contribution < 1.29 is 4.79 Å². The first-order valence-electron chi connectivity index (χ1n) is 8.46. The number of para-hydroxylation sites is 1. The van der Waals surface area contributed by atoms with Crippen LogP contribution in [-0.2, 0) is 24.2 Å². The van der Waals surface area contributed by atoms with Crippen molar-refractivity contribution in [3.05, 3.63) is 57.5 Å². The quantitative estimate of drug-likeness (QED) is 0.727. The molecule has 6 heteroatoms. The first-order valence-corrected chi connectivity index (χ1v) is 9.28. The minimum atomic E-state index is -0.144. The first kappa shape index (κ1) is 16.0. The van der Waals surface area contributed by atoms with Gasteiger partial charge in [-0.25, -0.2) is 4.98 Å². The normalized spacial score (nSPS) is 16.4. The molecule has 1 aliphatic heterocycles. The van der Waals surface area contributed by atoms with Crippen LogP contribution >= 0.6 is 11.3 Å². The standard InChI is InChI=1S/C19H19N3O2S/c1-3-14-9-15-18(25-14)20-11-21(19(15)24)10-17(23)22-12(2)8-13-6-4-5-7-16(13)22/h4-7,9,11-12H,3,8,10H2,1-2H3/t12-/m0/s1. The highest BCUT2D eigenvalue weighted by Crippen LogP contribution is 2.32. The molecule has 1 atom stereocenters. The van der Waals surface area contributed by atoms with Crippen molar-refractivity contribution in [2.45, 2.75) is 39.3 Å². The molecule has 1 amide bonds. The second-order valence-corrected chi connectivity index (χ2v) is 7.52. The fourth-order valence-electron chi connectivity index (χ4n) is 3.46. The van der Waals surface area contributed by atoms with Crippen molar-refractivity contribution in [2.24, 2.45) is 0 Å². The van der Waals surface area contributed by atoms with E-state index in [0.717, 1.165) is 28.2 Å². The summed E-state index contributed by atoms with van der Waals surface area (Å²) in [5.74, 6) is -0.0772. The lowest BCUT2D eigenvalue weighted by Gasteiger charge is -2.23. The largest absolute Gasteiger partial charge is 0.307 e. The number of thiophene rings is 1. The van der Waals surface area contributed by atoms with E-state index >= 15 is 0 Å². The number of hydrogen-bond donors (Lipinski definition) is 0. The second-order valence-electron chi connectivity index (χ2n) is 6.41. The minimum Gasteiger partial charge on any atom is -0.307 e. The van der Waals surface area contributed by atoms with Gasteiger partial charge in [0.2, 0.25) is 5.91 Å². The second kappa shape index (κ2) is 6.11. The maximum Gasteiger partial charge on any atom is 0.262 e. The first-order chi connectivity index (χ1) is 12.1. The van der Waals surface area contributed by atoms with Crippen LogP contribution in [0.2, 0.25) is 0 Å². The molecule has 25 heavy (non-hydrogen) atoms. The van der Waals surface area contributed by atoms with Crippen LogP contribution in [0.1, 0.15) is 24.3 Å². The van der Waals surface area contributed by atoms with Crippen molar-refractivity contribution in [3.8, 4) is 0 Å². The number of nitrogens with zero attached hydrogens (tertiary/aromatic N) is 3. The van der Waals surface area contributed by atoms with Crippen molar-refractivity contribution in [2.75, 3.05) is 4.90 Å². The molecule has 0 bridgehead atoms. The highest BCUT2D eigenvalue weighted by Gasteiger charge is 2.30. The Morgan fingerprint density at radius 2 is 2.16 bits per heavy atom. The summed E-state index contributed by atoms with van der Waals surface area (Å²) in [6.07, 6.45) is 3.21. The zero-order valence-corrected chi connectivity index (χ0v) is 15.0. The molecular weight excluding hydrogens is 334 g/mol.